The summed E-state index contributed by atoms with van der Waals surface area (Å²) in [4.78, 5) is 12.8. The zero-order valence-electron chi connectivity index (χ0n) is 14.0. The Morgan fingerprint density at radius 3 is 2.54 bits per heavy atom. The van der Waals surface area contributed by atoms with Crippen molar-refractivity contribution in [2.45, 2.75) is 30.4 Å². The van der Waals surface area contributed by atoms with Gasteiger partial charge in [0.15, 0.2) is 9.84 Å². The van der Waals surface area contributed by atoms with Crippen LogP contribution in [0, 0.1) is 5.82 Å². The molecule has 1 aliphatic heterocycles. The molecule has 0 unspecified atom stereocenters. The summed E-state index contributed by atoms with van der Waals surface area (Å²) >= 11 is 1.30. The van der Waals surface area contributed by atoms with Crippen LogP contribution in [0.5, 0.6) is 0 Å². The standard InChI is InChI=1S/C19H19FO4S2/c20-15-6-3-14(4-7-15)5-8-16-9-10-17(25-16)19(13-18(21)22)11-1-2-12-26(19,23)24/h3-10H,1-2,11-13H2,(H,21,22)/b8-5+/t19-/m0/s1. The van der Waals surface area contributed by atoms with Crippen LogP contribution in [0.1, 0.15) is 41.0 Å². The number of aliphatic carboxylic acids is 1. The molecule has 0 saturated carbocycles. The van der Waals surface area contributed by atoms with E-state index < -0.39 is 27.0 Å². The van der Waals surface area contributed by atoms with E-state index in [0.29, 0.717) is 24.1 Å². The Labute approximate surface area is 155 Å². The van der Waals surface area contributed by atoms with Crippen LogP contribution in [-0.4, -0.2) is 25.2 Å². The number of carbonyl (C=O) groups is 1. The van der Waals surface area contributed by atoms with E-state index in [0.717, 1.165) is 10.4 Å². The Hall–Kier alpha value is -1.99. The average Bonchev–Trinajstić information content (AvgIpc) is 3.05. The van der Waals surface area contributed by atoms with Crippen molar-refractivity contribution in [3.63, 3.8) is 0 Å². The van der Waals surface area contributed by atoms with E-state index in [1.165, 1.54) is 23.5 Å². The highest BCUT2D eigenvalue weighted by atomic mass is 32.2. The number of carboxylic acids is 1. The van der Waals surface area contributed by atoms with Gasteiger partial charge in [-0.2, -0.15) is 0 Å². The summed E-state index contributed by atoms with van der Waals surface area (Å²) < 4.78 is 37.1. The number of hydrogen-bond donors (Lipinski definition) is 1. The Bertz CT molecular complexity index is 929. The lowest BCUT2D eigenvalue weighted by atomic mass is 9.95. The minimum Gasteiger partial charge on any atom is -0.481 e. The van der Waals surface area contributed by atoms with E-state index in [1.807, 2.05) is 12.2 Å². The molecule has 7 heteroatoms. The zero-order valence-corrected chi connectivity index (χ0v) is 15.7. The van der Waals surface area contributed by atoms with Gasteiger partial charge in [0.2, 0.25) is 0 Å². The second-order valence-electron chi connectivity index (χ2n) is 6.43. The quantitative estimate of drug-likeness (QED) is 0.819. The molecule has 0 bridgehead atoms. The molecule has 1 fully saturated rings. The topological polar surface area (TPSA) is 71.4 Å². The fourth-order valence-corrected chi connectivity index (χ4v) is 6.98. The van der Waals surface area contributed by atoms with Gasteiger partial charge in [0.25, 0.3) is 0 Å². The molecular formula is C19H19FO4S2. The lowest BCUT2D eigenvalue weighted by Gasteiger charge is -2.34. The first-order chi connectivity index (χ1) is 12.3. The molecule has 0 aliphatic carbocycles. The zero-order chi connectivity index (χ0) is 18.8. The molecule has 1 aromatic heterocycles. The van der Waals surface area contributed by atoms with Gasteiger partial charge in [-0.15, -0.1) is 11.3 Å². The summed E-state index contributed by atoms with van der Waals surface area (Å²) in [5, 5.41) is 9.30. The lowest BCUT2D eigenvalue weighted by Crippen LogP contribution is -2.41. The van der Waals surface area contributed by atoms with Gasteiger partial charge in [0.05, 0.1) is 12.2 Å². The molecule has 1 aliphatic rings. The van der Waals surface area contributed by atoms with E-state index in [1.54, 1.807) is 24.3 Å². The molecule has 2 heterocycles. The minimum absolute atomic E-state index is 0.0267. The van der Waals surface area contributed by atoms with Crippen molar-refractivity contribution in [1.29, 1.82) is 0 Å². The first-order valence-electron chi connectivity index (χ1n) is 8.30. The molecule has 2 aromatic rings. The van der Waals surface area contributed by atoms with Crippen LogP contribution in [-0.2, 0) is 19.4 Å². The van der Waals surface area contributed by atoms with Gasteiger partial charge in [-0.3, -0.25) is 4.79 Å². The van der Waals surface area contributed by atoms with Crippen LogP contribution in [0.4, 0.5) is 4.39 Å². The van der Waals surface area contributed by atoms with Crippen molar-refractivity contribution in [2.24, 2.45) is 0 Å². The summed E-state index contributed by atoms with van der Waals surface area (Å²) in [5.41, 5.74) is 0.826. The number of thiophene rings is 1. The maximum Gasteiger partial charge on any atom is 0.305 e. The Kier molecular flexibility index (Phi) is 5.29. The molecule has 1 aromatic carbocycles. The minimum atomic E-state index is -3.53. The molecule has 0 spiro atoms. The molecule has 1 saturated heterocycles. The molecule has 26 heavy (non-hydrogen) atoms. The summed E-state index contributed by atoms with van der Waals surface area (Å²) in [6.45, 7) is 0. The van der Waals surface area contributed by atoms with Crippen LogP contribution in [0.2, 0.25) is 0 Å². The fourth-order valence-electron chi connectivity index (χ4n) is 3.30. The SMILES string of the molecule is O=C(O)C[C@]1(c2ccc(/C=C/c3ccc(F)cc3)s2)CCCCS1(=O)=O. The monoisotopic (exact) mass is 394 g/mol. The third-order valence-electron chi connectivity index (χ3n) is 4.66. The van der Waals surface area contributed by atoms with Crippen LogP contribution in [0.25, 0.3) is 12.2 Å². The first kappa shape index (κ1) is 18.8. The summed E-state index contributed by atoms with van der Waals surface area (Å²) in [6, 6.07) is 9.57. The number of rotatable bonds is 5. The van der Waals surface area contributed by atoms with Crippen molar-refractivity contribution >= 4 is 39.3 Å². The predicted octanol–water partition coefficient (Wildman–Crippen LogP) is 4.33. The Morgan fingerprint density at radius 2 is 1.88 bits per heavy atom. The van der Waals surface area contributed by atoms with E-state index in [2.05, 4.69) is 0 Å². The third kappa shape index (κ3) is 3.73. The van der Waals surface area contributed by atoms with E-state index in [4.69, 9.17) is 0 Å². The number of hydrogen-bond acceptors (Lipinski definition) is 4. The van der Waals surface area contributed by atoms with Gasteiger partial charge >= 0.3 is 5.97 Å². The smallest absolute Gasteiger partial charge is 0.305 e. The Morgan fingerprint density at radius 1 is 1.15 bits per heavy atom. The maximum atomic E-state index is 13.0. The van der Waals surface area contributed by atoms with Crippen molar-refractivity contribution in [3.8, 4) is 0 Å². The largest absolute Gasteiger partial charge is 0.481 e. The average molecular weight is 394 g/mol. The van der Waals surface area contributed by atoms with Crippen molar-refractivity contribution < 1.29 is 22.7 Å². The first-order valence-corrected chi connectivity index (χ1v) is 10.8. The molecule has 138 valence electrons. The maximum absolute atomic E-state index is 13.0. The highest BCUT2D eigenvalue weighted by Gasteiger charge is 2.49. The van der Waals surface area contributed by atoms with Gasteiger partial charge in [-0.25, -0.2) is 12.8 Å². The third-order valence-corrected chi connectivity index (χ3v) is 8.63. The van der Waals surface area contributed by atoms with Gasteiger partial charge < -0.3 is 5.11 Å². The molecule has 1 N–H and O–H groups in total. The molecule has 3 rings (SSSR count). The van der Waals surface area contributed by atoms with Crippen LogP contribution in [0.15, 0.2) is 36.4 Å². The fraction of sp³-hybridized carbons (Fsp3) is 0.316. The van der Waals surface area contributed by atoms with Gasteiger partial charge in [-0.1, -0.05) is 24.6 Å². The molecule has 0 radical (unpaired) electrons. The van der Waals surface area contributed by atoms with Crippen molar-refractivity contribution in [1.82, 2.24) is 0 Å². The number of benzene rings is 1. The van der Waals surface area contributed by atoms with Gasteiger partial charge in [-0.05, 0) is 48.7 Å². The van der Waals surface area contributed by atoms with Gasteiger partial charge in [0.1, 0.15) is 10.6 Å². The summed E-state index contributed by atoms with van der Waals surface area (Å²) in [7, 11) is -3.53. The normalized spacial score (nSPS) is 22.5. The number of halogens is 1. The second kappa shape index (κ2) is 7.32. The number of carboxylic acid groups (broad SMARTS) is 1. The lowest BCUT2D eigenvalue weighted by molar-refractivity contribution is -0.137. The predicted molar refractivity (Wildman–Crippen MR) is 101 cm³/mol. The van der Waals surface area contributed by atoms with Crippen LogP contribution >= 0.6 is 11.3 Å². The molecule has 1 atom stereocenters. The molecule has 4 nitrogen and oxygen atoms in total. The molecule has 0 amide bonds. The number of sulfone groups is 1. The van der Waals surface area contributed by atoms with Crippen molar-refractivity contribution in [2.75, 3.05) is 5.75 Å². The second-order valence-corrected chi connectivity index (χ2v) is 9.96. The van der Waals surface area contributed by atoms with Crippen molar-refractivity contribution in [3.05, 3.63) is 57.5 Å². The highest BCUT2D eigenvalue weighted by Crippen LogP contribution is 2.46. The Balaban J connectivity index is 1.92. The van der Waals surface area contributed by atoms with E-state index in [9.17, 15) is 22.7 Å². The van der Waals surface area contributed by atoms with Crippen LogP contribution in [0.3, 0.4) is 0 Å². The summed E-state index contributed by atoms with van der Waals surface area (Å²) in [6.07, 6.45) is 4.84. The van der Waals surface area contributed by atoms with Gasteiger partial charge in [0, 0.05) is 9.75 Å². The summed E-state index contributed by atoms with van der Waals surface area (Å²) in [5.74, 6) is -1.38. The van der Waals surface area contributed by atoms with E-state index >= 15 is 0 Å². The van der Waals surface area contributed by atoms with E-state index in [-0.39, 0.29) is 11.6 Å². The molecular weight excluding hydrogens is 375 g/mol. The highest BCUT2D eigenvalue weighted by molar-refractivity contribution is 7.92. The van der Waals surface area contributed by atoms with Crippen LogP contribution < -0.4 is 0 Å².